The molecule has 0 radical (unpaired) electrons. The highest BCUT2D eigenvalue weighted by Crippen LogP contribution is 2.15. The Kier molecular flexibility index (Phi) is 6.54. The molecule has 0 aliphatic rings. The summed E-state index contributed by atoms with van der Waals surface area (Å²) in [5.41, 5.74) is 0.328. The highest BCUT2D eigenvalue weighted by Gasteiger charge is 2.17. The average molecular weight is 304 g/mol. The van der Waals surface area contributed by atoms with Crippen LogP contribution in [-0.4, -0.2) is 34.7 Å². The van der Waals surface area contributed by atoms with Gasteiger partial charge in [-0.15, -0.1) is 0 Å². The standard InChI is InChI=1S/C13H21FN2O3S/c1-4-15-9-11-7-12(5-6-13(11)14)20(17,18)16-8-10(2)19-3/h5-7,10,15-16H,4,8-9H2,1-3H3. The zero-order valence-electron chi connectivity index (χ0n) is 11.9. The molecule has 1 unspecified atom stereocenters. The van der Waals surface area contributed by atoms with Crippen LogP contribution in [0.25, 0.3) is 0 Å². The van der Waals surface area contributed by atoms with Gasteiger partial charge >= 0.3 is 0 Å². The monoisotopic (exact) mass is 304 g/mol. The van der Waals surface area contributed by atoms with Crippen LogP contribution in [0.2, 0.25) is 0 Å². The molecule has 1 atom stereocenters. The molecule has 0 spiro atoms. The van der Waals surface area contributed by atoms with Crippen molar-refractivity contribution in [2.24, 2.45) is 0 Å². The Hall–Kier alpha value is -1.02. The van der Waals surface area contributed by atoms with Crippen molar-refractivity contribution < 1.29 is 17.5 Å². The minimum absolute atomic E-state index is 0.0510. The highest BCUT2D eigenvalue weighted by atomic mass is 32.2. The van der Waals surface area contributed by atoms with Crippen LogP contribution in [0.3, 0.4) is 0 Å². The molecule has 20 heavy (non-hydrogen) atoms. The number of benzene rings is 1. The van der Waals surface area contributed by atoms with Crippen molar-refractivity contribution in [3.8, 4) is 0 Å². The minimum atomic E-state index is -3.65. The number of nitrogens with one attached hydrogen (secondary N) is 2. The highest BCUT2D eigenvalue weighted by molar-refractivity contribution is 7.89. The molecule has 114 valence electrons. The van der Waals surface area contributed by atoms with E-state index in [1.807, 2.05) is 6.92 Å². The van der Waals surface area contributed by atoms with Gasteiger partial charge in [0.2, 0.25) is 10.0 Å². The maximum atomic E-state index is 13.6. The summed E-state index contributed by atoms with van der Waals surface area (Å²) >= 11 is 0. The number of rotatable bonds is 8. The molecule has 0 aliphatic carbocycles. The summed E-state index contributed by atoms with van der Waals surface area (Å²) < 4.78 is 45.1. The van der Waals surface area contributed by atoms with E-state index in [0.29, 0.717) is 18.7 Å². The zero-order valence-corrected chi connectivity index (χ0v) is 12.8. The van der Waals surface area contributed by atoms with E-state index in [-0.39, 0.29) is 17.5 Å². The second-order valence-electron chi connectivity index (χ2n) is 4.43. The van der Waals surface area contributed by atoms with Crippen molar-refractivity contribution in [3.63, 3.8) is 0 Å². The molecule has 1 rings (SSSR count). The zero-order chi connectivity index (χ0) is 15.2. The SMILES string of the molecule is CCNCc1cc(S(=O)(=O)NCC(C)OC)ccc1F. The van der Waals surface area contributed by atoms with Gasteiger partial charge in [0.25, 0.3) is 0 Å². The first-order chi connectivity index (χ1) is 9.40. The summed E-state index contributed by atoms with van der Waals surface area (Å²) in [7, 11) is -2.15. The number of hydrogen-bond acceptors (Lipinski definition) is 4. The van der Waals surface area contributed by atoms with Gasteiger partial charge in [-0.1, -0.05) is 6.92 Å². The lowest BCUT2D eigenvalue weighted by molar-refractivity contribution is 0.122. The first kappa shape index (κ1) is 17.0. The van der Waals surface area contributed by atoms with Gasteiger partial charge in [0.1, 0.15) is 5.82 Å². The summed E-state index contributed by atoms with van der Waals surface area (Å²) in [6.45, 7) is 4.79. The fraction of sp³-hybridized carbons (Fsp3) is 0.538. The van der Waals surface area contributed by atoms with E-state index >= 15 is 0 Å². The number of methoxy groups -OCH3 is 1. The van der Waals surface area contributed by atoms with Crippen molar-refractivity contribution >= 4 is 10.0 Å². The third-order valence-corrected chi connectivity index (χ3v) is 4.28. The Balaban J connectivity index is 2.89. The van der Waals surface area contributed by atoms with E-state index < -0.39 is 15.8 Å². The minimum Gasteiger partial charge on any atom is -0.380 e. The first-order valence-electron chi connectivity index (χ1n) is 6.42. The van der Waals surface area contributed by atoms with Crippen molar-refractivity contribution in [2.45, 2.75) is 31.4 Å². The molecular formula is C13H21FN2O3S. The van der Waals surface area contributed by atoms with Crippen molar-refractivity contribution in [1.29, 1.82) is 0 Å². The van der Waals surface area contributed by atoms with Crippen LogP contribution in [0.4, 0.5) is 4.39 Å². The maximum absolute atomic E-state index is 13.6. The van der Waals surface area contributed by atoms with Crippen LogP contribution in [0.1, 0.15) is 19.4 Å². The third-order valence-electron chi connectivity index (χ3n) is 2.86. The van der Waals surface area contributed by atoms with E-state index in [1.54, 1.807) is 6.92 Å². The summed E-state index contributed by atoms with van der Waals surface area (Å²) in [4.78, 5) is 0.0510. The lowest BCUT2D eigenvalue weighted by Gasteiger charge is -2.12. The van der Waals surface area contributed by atoms with Crippen LogP contribution in [-0.2, 0) is 21.3 Å². The lowest BCUT2D eigenvalue weighted by atomic mass is 10.2. The van der Waals surface area contributed by atoms with Gasteiger partial charge < -0.3 is 10.1 Å². The summed E-state index contributed by atoms with van der Waals surface area (Å²) in [5.74, 6) is -0.421. The smallest absolute Gasteiger partial charge is 0.240 e. The summed E-state index contributed by atoms with van der Waals surface area (Å²) in [6.07, 6.45) is -0.230. The van der Waals surface area contributed by atoms with Gasteiger partial charge in [0.05, 0.1) is 11.0 Å². The quantitative estimate of drug-likeness (QED) is 0.758. The van der Waals surface area contributed by atoms with E-state index in [9.17, 15) is 12.8 Å². The van der Waals surface area contributed by atoms with Crippen LogP contribution in [0.15, 0.2) is 23.1 Å². The second kappa shape index (κ2) is 7.68. The molecule has 0 saturated heterocycles. The van der Waals surface area contributed by atoms with Gasteiger partial charge in [-0.25, -0.2) is 17.5 Å². The molecule has 0 heterocycles. The van der Waals surface area contributed by atoms with Gasteiger partial charge in [0.15, 0.2) is 0 Å². The Bertz CT molecular complexity index is 534. The predicted octanol–water partition coefficient (Wildman–Crippen LogP) is 1.25. The molecule has 0 aliphatic heterocycles. The fourth-order valence-electron chi connectivity index (χ4n) is 1.51. The topological polar surface area (TPSA) is 67.4 Å². The number of hydrogen-bond donors (Lipinski definition) is 2. The normalized spacial score (nSPS) is 13.4. The lowest BCUT2D eigenvalue weighted by Crippen LogP contribution is -2.31. The fourth-order valence-corrected chi connectivity index (χ4v) is 2.67. The van der Waals surface area contributed by atoms with Gasteiger partial charge in [0, 0.05) is 25.8 Å². The predicted molar refractivity (Wildman–Crippen MR) is 75.4 cm³/mol. The Labute approximate surface area is 119 Å². The number of halogens is 1. The van der Waals surface area contributed by atoms with E-state index in [0.717, 1.165) is 0 Å². The molecule has 0 bridgehead atoms. The van der Waals surface area contributed by atoms with Gasteiger partial charge in [-0.05, 0) is 31.7 Å². The maximum Gasteiger partial charge on any atom is 0.240 e. The van der Waals surface area contributed by atoms with Crippen molar-refractivity contribution in [3.05, 3.63) is 29.6 Å². The Morgan fingerprint density at radius 1 is 1.40 bits per heavy atom. The van der Waals surface area contributed by atoms with Crippen molar-refractivity contribution in [2.75, 3.05) is 20.2 Å². The molecule has 0 saturated carbocycles. The molecule has 0 amide bonds. The molecule has 2 N–H and O–H groups in total. The van der Waals surface area contributed by atoms with E-state index in [4.69, 9.17) is 4.74 Å². The average Bonchev–Trinajstić information content (AvgIpc) is 2.43. The van der Waals surface area contributed by atoms with Crippen LogP contribution >= 0.6 is 0 Å². The number of ether oxygens (including phenoxy) is 1. The molecule has 7 heteroatoms. The molecule has 0 fully saturated rings. The first-order valence-corrected chi connectivity index (χ1v) is 7.90. The van der Waals surface area contributed by atoms with Crippen LogP contribution in [0.5, 0.6) is 0 Å². The van der Waals surface area contributed by atoms with Gasteiger partial charge in [-0.2, -0.15) is 0 Å². The molecule has 5 nitrogen and oxygen atoms in total. The van der Waals surface area contributed by atoms with E-state index in [1.165, 1.54) is 25.3 Å². The molecular weight excluding hydrogens is 283 g/mol. The van der Waals surface area contributed by atoms with Gasteiger partial charge in [-0.3, -0.25) is 0 Å². The summed E-state index contributed by atoms with van der Waals surface area (Å²) in [6, 6.07) is 3.77. The second-order valence-corrected chi connectivity index (χ2v) is 6.20. The molecule has 0 aromatic heterocycles. The van der Waals surface area contributed by atoms with Crippen LogP contribution in [0, 0.1) is 5.82 Å². The Morgan fingerprint density at radius 3 is 2.70 bits per heavy atom. The third kappa shape index (κ3) is 4.82. The van der Waals surface area contributed by atoms with E-state index in [2.05, 4.69) is 10.0 Å². The van der Waals surface area contributed by atoms with Crippen molar-refractivity contribution in [1.82, 2.24) is 10.0 Å². The molecule has 1 aromatic rings. The molecule has 1 aromatic carbocycles. The van der Waals surface area contributed by atoms with Crippen LogP contribution < -0.4 is 10.0 Å². The number of sulfonamides is 1. The largest absolute Gasteiger partial charge is 0.380 e. The Morgan fingerprint density at radius 2 is 2.10 bits per heavy atom. The summed E-state index contributed by atoms with van der Waals surface area (Å²) in [5, 5.41) is 2.97.